The lowest BCUT2D eigenvalue weighted by atomic mass is 9.76. The van der Waals surface area contributed by atoms with Crippen LogP contribution in [0.1, 0.15) is 66.9 Å². The molecule has 0 spiro atoms. The van der Waals surface area contributed by atoms with E-state index in [0.717, 1.165) is 24.9 Å². The number of hydrogen-bond acceptors (Lipinski definition) is 3. The molecule has 0 aliphatic carbocycles. The van der Waals surface area contributed by atoms with E-state index in [4.69, 9.17) is 14.0 Å². The molecule has 152 valence electrons. The lowest BCUT2D eigenvalue weighted by Gasteiger charge is -2.32. The molecule has 0 radical (unpaired) electrons. The smallest absolute Gasteiger partial charge is 0.457 e. The van der Waals surface area contributed by atoms with Gasteiger partial charge in [-0.05, 0) is 82.3 Å². The van der Waals surface area contributed by atoms with Crippen LogP contribution >= 0.6 is 0 Å². The molecular formula is C23H39BO3. The molecule has 0 amide bonds. The van der Waals surface area contributed by atoms with Gasteiger partial charge in [0.1, 0.15) is 5.75 Å². The van der Waals surface area contributed by atoms with Gasteiger partial charge < -0.3 is 14.0 Å². The Morgan fingerprint density at radius 3 is 2.00 bits per heavy atom. The summed E-state index contributed by atoms with van der Waals surface area (Å²) >= 11 is 0. The Morgan fingerprint density at radius 1 is 0.926 bits per heavy atom. The minimum absolute atomic E-state index is 0.0653. The fourth-order valence-electron chi connectivity index (χ4n) is 3.82. The van der Waals surface area contributed by atoms with Crippen molar-refractivity contribution in [2.24, 2.45) is 17.8 Å². The quantitative estimate of drug-likeness (QED) is 0.495. The Kier molecular flexibility index (Phi) is 7.43. The highest BCUT2D eigenvalue weighted by Gasteiger charge is 2.50. The summed E-state index contributed by atoms with van der Waals surface area (Å²) in [5, 5.41) is 0. The molecule has 1 heterocycles. The molecule has 1 aromatic carbocycles. The van der Waals surface area contributed by atoms with Gasteiger partial charge in [0, 0.05) is 0 Å². The van der Waals surface area contributed by atoms with Gasteiger partial charge in [-0.2, -0.15) is 0 Å². The molecule has 4 heteroatoms. The molecule has 1 saturated heterocycles. The second kappa shape index (κ2) is 9.00. The van der Waals surface area contributed by atoms with Gasteiger partial charge in [-0.3, -0.25) is 0 Å². The van der Waals surface area contributed by atoms with Crippen LogP contribution in [-0.4, -0.2) is 25.4 Å². The van der Waals surface area contributed by atoms with Gasteiger partial charge in [0.25, 0.3) is 0 Å². The molecule has 2 rings (SSSR count). The van der Waals surface area contributed by atoms with Crippen LogP contribution in [0.15, 0.2) is 24.3 Å². The monoisotopic (exact) mass is 374 g/mol. The molecule has 1 aromatic rings. The number of rotatable bonds is 9. The van der Waals surface area contributed by atoms with Crippen LogP contribution in [-0.2, 0) is 15.7 Å². The fourth-order valence-corrected chi connectivity index (χ4v) is 3.82. The highest BCUT2D eigenvalue weighted by Crippen LogP contribution is 2.38. The summed E-state index contributed by atoms with van der Waals surface area (Å²) < 4.78 is 17.5. The third-order valence-electron chi connectivity index (χ3n) is 6.66. The summed E-state index contributed by atoms with van der Waals surface area (Å²) in [6.07, 6.45) is 4.50. The van der Waals surface area contributed by atoms with Crippen LogP contribution in [0.3, 0.4) is 0 Å². The van der Waals surface area contributed by atoms with E-state index < -0.39 is 0 Å². The number of benzene rings is 1. The summed E-state index contributed by atoms with van der Waals surface area (Å²) in [6.45, 7) is 15.6. The highest BCUT2D eigenvalue weighted by atomic mass is 16.7. The van der Waals surface area contributed by atoms with Gasteiger partial charge >= 0.3 is 7.12 Å². The van der Waals surface area contributed by atoms with Crippen molar-refractivity contribution in [2.75, 3.05) is 7.11 Å². The van der Waals surface area contributed by atoms with E-state index in [1.165, 1.54) is 12.0 Å². The minimum Gasteiger partial charge on any atom is -0.497 e. The molecule has 27 heavy (non-hydrogen) atoms. The maximum absolute atomic E-state index is 6.13. The third kappa shape index (κ3) is 5.99. The Hall–Kier alpha value is -0.995. The lowest BCUT2D eigenvalue weighted by molar-refractivity contribution is 0.00578. The van der Waals surface area contributed by atoms with Crippen molar-refractivity contribution in [3.05, 3.63) is 29.8 Å². The first-order valence-electron chi connectivity index (χ1n) is 10.5. The van der Waals surface area contributed by atoms with Crippen LogP contribution in [0, 0.1) is 17.8 Å². The van der Waals surface area contributed by atoms with Crippen LogP contribution < -0.4 is 4.74 Å². The Balaban J connectivity index is 1.75. The Morgan fingerprint density at radius 2 is 1.48 bits per heavy atom. The van der Waals surface area contributed by atoms with Crippen LogP contribution in [0.5, 0.6) is 5.75 Å². The molecule has 0 N–H and O–H groups in total. The van der Waals surface area contributed by atoms with E-state index in [2.05, 4.69) is 72.7 Å². The molecule has 1 aliphatic rings. The minimum atomic E-state index is -0.221. The SMILES string of the molecule is COc1ccc(C[C@@H](C)[C@@H](C)C[C@H](C)CCB2OC(C)(C)C(C)(C)O2)cc1. The average molecular weight is 374 g/mol. The standard InChI is InChI=1S/C23H39BO3/c1-17(13-14-24-26-22(4,5)23(6,7)27-24)15-18(2)19(3)16-20-9-11-21(25-8)12-10-20/h9-12,17-19H,13-16H2,1-8H3/t17-,18+,19-/m1/s1. The van der Waals surface area contributed by atoms with Crippen molar-refractivity contribution >= 4 is 7.12 Å². The zero-order valence-corrected chi connectivity index (χ0v) is 18.7. The van der Waals surface area contributed by atoms with Crippen molar-refractivity contribution in [1.29, 1.82) is 0 Å². The zero-order valence-electron chi connectivity index (χ0n) is 18.7. The predicted molar refractivity (Wildman–Crippen MR) is 114 cm³/mol. The van der Waals surface area contributed by atoms with Gasteiger partial charge in [-0.25, -0.2) is 0 Å². The summed E-state index contributed by atoms with van der Waals surface area (Å²) in [4.78, 5) is 0. The van der Waals surface area contributed by atoms with Crippen LogP contribution in [0.25, 0.3) is 0 Å². The van der Waals surface area contributed by atoms with E-state index >= 15 is 0 Å². The molecule has 1 aliphatic heterocycles. The van der Waals surface area contributed by atoms with E-state index in [0.29, 0.717) is 17.8 Å². The predicted octanol–water partition coefficient (Wildman–Crippen LogP) is 6.02. The first-order chi connectivity index (χ1) is 12.5. The molecule has 3 atom stereocenters. The van der Waals surface area contributed by atoms with Gasteiger partial charge in [0.05, 0.1) is 18.3 Å². The van der Waals surface area contributed by atoms with E-state index in [1.54, 1.807) is 7.11 Å². The third-order valence-corrected chi connectivity index (χ3v) is 6.66. The van der Waals surface area contributed by atoms with Crippen LogP contribution in [0.4, 0.5) is 0 Å². The van der Waals surface area contributed by atoms with Crippen molar-refractivity contribution in [1.82, 2.24) is 0 Å². The Bertz CT molecular complexity index is 566. The fraction of sp³-hybridized carbons (Fsp3) is 0.739. The van der Waals surface area contributed by atoms with Gasteiger partial charge in [0.15, 0.2) is 0 Å². The molecule has 0 bridgehead atoms. The van der Waals surface area contributed by atoms with Crippen LogP contribution in [0.2, 0.25) is 6.32 Å². The van der Waals surface area contributed by atoms with E-state index in [-0.39, 0.29) is 18.3 Å². The number of hydrogen-bond donors (Lipinski definition) is 0. The normalized spacial score (nSPS) is 21.7. The second-order valence-electron chi connectivity index (χ2n) is 9.61. The highest BCUT2D eigenvalue weighted by molar-refractivity contribution is 6.45. The molecule has 0 aromatic heterocycles. The van der Waals surface area contributed by atoms with Crippen molar-refractivity contribution in [3.63, 3.8) is 0 Å². The second-order valence-corrected chi connectivity index (χ2v) is 9.61. The average Bonchev–Trinajstić information content (AvgIpc) is 2.80. The summed E-state index contributed by atoms with van der Waals surface area (Å²) in [7, 11) is 1.65. The summed E-state index contributed by atoms with van der Waals surface area (Å²) in [5.41, 5.74) is 0.947. The van der Waals surface area contributed by atoms with E-state index in [1.807, 2.05) is 0 Å². The maximum Gasteiger partial charge on any atom is 0.457 e. The molecular weight excluding hydrogens is 335 g/mol. The van der Waals surface area contributed by atoms with Crippen molar-refractivity contribution in [2.45, 2.75) is 85.3 Å². The van der Waals surface area contributed by atoms with Crippen molar-refractivity contribution < 1.29 is 14.0 Å². The van der Waals surface area contributed by atoms with Gasteiger partial charge in [-0.1, -0.05) is 39.3 Å². The molecule has 1 fully saturated rings. The maximum atomic E-state index is 6.13. The number of ether oxygens (including phenoxy) is 1. The van der Waals surface area contributed by atoms with Gasteiger partial charge in [-0.15, -0.1) is 0 Å². The summed E-state index contributed by atoms with van der Waals surface area (Å²) in [6, 6.07) is 8.48. The van der Waals surface area contributed by atoms with Gasteiger partial charge in [0.2, 0.25) is 0 Å². The van der Waals surface area contributed by atoms with Crippen molar-refractivity contribution in [3.8, 4) is 5.75 Å². The number of methoxy groups -OCH3 is 1. The largest absolute Gasteiger partial charge is 0.497 e. The zero-order chi connectivity index (χ0) is 20.2. The molecule has 0 saturated carbocycles. The topological polar surface area (TPSA) is 27.7 Å². The lowest BCUT2D eigenvalue weighted by Crippen LogP contribution is -2.41. The molecule has 0 unspecified atom stereocenters. The summed E-state index contributed by atoms with van der Waals surface area (Å²) in [5.74, 6) is 2.96. The Labute approximate surface area is 167 Å². The van der Waals surface area contributed by atoms with E-state index in [9.17, 15) is 0 Å². The first-order valence-corrected chi connectivity index (χ1v) is 10.5. The molecule has 3 nitrogen and oxygen atoms in total. The first kappa shape index (κ1) is 22.3.